The number of pyridine rings is 3. The number of anilines is 1. The second-order valence-corrected chi connectivity index (χ2v) is 13.0. The first-order chi connectivity index (χ1) is 21.3. The van der Waals surface area contributed by atoms with E-state index in [-0.39, 0.29) is 35.4 Å². The summed E-state index contributed by atoms with van der Waals surface area (Å²) >= 11 is 0. The molecule has 3 fully saturated rings. The summed E-state index contributed by atoms with van der Waals surface area (Å²) in [5.74, 6) is -0.117. The summed E-state index contributed by atoms with van der Waals surface area (Å²) < 4.78 is 16.8. The van der Waals surface area contributed by atoms with Gasteiger partial charge < -0.3 is 15.2 Å². The molecule has 2 saturated heterocycles. The van der Waals surface area contributed by atoms with Gasteiger partial charge in [-0.1, -0.05) is 0 Å². The highest BCUT2D eigenvalue weighted by Crippen LogP contribution is 2.39. The van der Waals surface area contributed by atoms with Gasteiger partial charge in [0.1, 0.15) is 5.82 Å². The zero-order chi connectivity index (χ0) is 30.4. The first-order valence-electron chi connectivity index (χ1n) is 16.0. The number of nitrogens with two attached hydrogens (primary N) is 1. The number of hydrogen-bond donors (Lipinski definition) is 2. The first-order valence-corrected chi connectivity index (χ1v) is 16.0. The van der Waals surface area contributed by atoms with Crippen LogP contribution < -0.4 is 21.4 Å². The van der Waals surface area contributed by atoms with E-state index >= 15 is 0 Å². The SMILES string of the molecule is Cc1ccc(N2CCC[C@H](C(NC(c3cn(C4CC4)c4ccc(F)cc4c3=O)N3CC[C@@H](N)C3)c3ccnc(C)c3)C2)cn1. The highest BCUT2D eigenvalue weighted by Gasteiger charge is 2.37. The molecule has 4 atom stereocenters. The maximum absolute atomic E-state index is 14.6. The molecule has 1 saturated carbocycles. The fraction of sp³-hybridized carbons (Fsp3) is 0.457. The summed E-state index contributed by atoms with van der Waals surface area (Å²) in [4.78, 5) is 28.1. The third-order valence-corrected chi connectivity index (χ3v) is 9.69. The van der Waals surface area contributed by atoms with E-state index in [0.717, 1.165) is 79.9 Å². The van der Waals surface area contributed by atoms with Gasteiger partial charge in [0.15, 0.2) is 5.43 Å². The molecule has 7 rings (SSSR count). The first kappa shape index (κ1) is 29.1. The molecular weight excluding hydrogens is 553 g/mol. The molecule has 0 bridgehead atoms. The zero-order valence-corrected chi connectivity index (χ0v) is 25.6. The molecule has 3 aromatic heterocycles. The summed E-state index contributed by atoms with van der Waals surface area (Å²) in [7, 11) is 0. The van der Waals surface area contributed by atoms with Crippen LogP contribution in [0.4, 0.5) is 10.1 Å². The van der Waals surface area contributed by atoms with E-state index < -0.39 is 0 Å². The third-order valence-electron chi connectivity index (χ3n) is 9.69. The Morgan fingerprint density at radius 3 is 2.57 bits per heavy atom. The molecule has 3 N–H and O–H groups in total. The average Bonchev–Trinajstić information content (AvgIpc) is 3.78. The van der Waals surface area contributed by atoms with Crippen LogP contribution in [0.3, 0.4) is 0 Å². The average molecular weight is 596 g/mol. The molecular formula is C35H42FN7O. The second-order valence-electron chi connectivity index (χ2n) is 13.0. The standard InChI is InChI=1S/C35H42FN7O/c1-22-5-7-29(18-39-22)41-14-3-4-25(19-41)33(24-11-13-38-23(2)16-24)40-35(42-15-12-27(37)20-42)31-21-43(28-8-9-28)32-10-6-26(36)17-30(32)34(31)44/h5-7,10-11,13,16-18,21,25,27-28,33,35,40H,3-4,8-9,12,14-15,19-20,37H2,1-2H3/t25-,27+,33?,35?/m0/s1. The minimum atomic E-state index is -0.389. The van der Waals surface area contributed by atoms with Crippen molar-refractivity contribution in [2.45, 2.75) is 70.2 Å². The van der Waals surface area contributed by atoms with Gasteiger partial charge in [0.25, 0.3) is 0 Å². The van der Waals surface area contributed by atoms with E-state index in [1.165, 1.54) is 12.1 Å². The molecule has 2 unspecified atom stereocenters. The third kappa shape index (κ3) is 5.88. The van der Waals surface area contributed by atoms with E-state index in [4.69, 9.17) is 5.73 Å². The number of nitrogens with one attached hydrogen (secondary N) is 1. The van der Waals surface area contributed by atoms with Gasteiger partial charge in [-0.2, -0.15) is 0 Å². The smallest absolute Gasteiger partial charge is 0.195 e. The number of fused-ring (bicyclic) bond motifs is 1. The van der Waals surface area contributed by atoms with Gasteiger partial charge in [0.05, 0.1) is 23.6 Å². The molecule has 1 aromatic carbocycles. The van der Waals surface area contributed by atoms with Gasteiger partial charge in [-0.05, 0) is 99.9 Å². The van der Waals surface area contributed by atoms with Crippen LogP contribution >= 0.6 is 0 Å². The molecule has 1 aliphatic carbocycles. The molecule has 230 valence electrons. The van der Waals surface area contributed by atoms with Crippen LogP contribution in [-0.2, 0) is 0 Å². The Kier molecular flexibility index (Phi) is 7.95. The van der Waals surface area contributed by atoms with Gasteiger partial charge in [-0.15, -0.1) is 0 Å². The topological polar surface area (TPSA) is 92.3 Å². The van der Waals surface area contributed by atoms with Crippen LogP contribution in [0.2, 0.25) is 0 Å². The molecule has 9 heteroatoms. The molecule has 3 aliphatic rings. The van der Waals surface area contributed by atoms with Crippen LogP contribution in [0.15, 0.2) is 65.8 Å². The van der Waals surface area contributed by atoms with Crippen LogP contribution in [0.5, 0.6) is 0 Å². The van der Waals surface area contributed by atoms with Gasteiger partial charge >= 0.3 is 0 Å². The maximum Gasteiger partial charge on any atom is 0.195 e. The van der Waals surface area contributed by atoms with Gasteiger partial charge in [-0.25, -0.2) is 4.39 Å². The lowest BCUT2D eigenvalue weighted by Crippen LogP contribution is -2.47. The highest BCUT2D eigenvalue weighted by atomic mass is 19.1. The lowest BCUT2D eigenvalue weighted by Gasteiger charge is -2.41. The van der Waals surface area contributed by atoms with Crippen molar-refractivity contribution < 1.29 is 4.39 Å². The van der Waals surface area contributed by atoms with Crippen molar-refractivity contribution in [2.24, 2.45) is 11.7 Å². The zero-order valence-electron chi connectivity index (χ0n) is 25.6. The summed E-state index contributed by atoms with van der Waals surface area (Å²) in [5, 5.41) is 4.47. The Balaban J connectivity index is 1.31. The summed E-state index contributed by atoms with van der Waals surface area (Å²) in [6, 6.07) is 13.4. The summed E-state index contributed by atoms with van der Waals surface area (Å²) in [6.07, 6.45) is 10.6. The molecule has 44 heavy (non-hydrogen) atoms. The molecule has 0 amide bonds. The number of piperidine rings is 1. The van der Waals surface area contributed by atoms with E-state index in [1.807, 2.05) is 32.4 Å². The molecule has 8 nitrogen and oxygen atoms in total. The largest absolute Gasteiger partial charge is 0.370 e. The van der Waals surface area contributed by atoms with Gasteiger partial charge in [-0.3, -0.25) is 25.0 Å². The van der Waals surface area contributed by atoms with Crippen molar-refractivity contribution >= 4 is 16.6 Å². The van der Waals surface area contributed by atoms with Crippen molar-refractivity contribution in [3.63, 3.8) is 0 Å². The predicted molar refractivity (Wildman–Crippen MR) is 172 cm³/mol. The normalized spacial score (nSPS) is 22.4. The van der Waals surface area contributed by atoms with Crippen LogP contribution in [0.1, 0.15) is 72.9 Å². The molecule has 0 spiro atoms. The highest BCUT2D eigenvalue weighted by molar-refractivity contribution is 5.80. The van der Waals surface area contributed by atoms with Crippen LogP contribution in [0, 0.1) is 25.6 Å². The Bertz CT molecular complexity index is 1700. The predicted octanol–water partition coefficient (Wildman–Crippen LogP) is 5.16. The monoisotopic (exact) mass is 595 g/mol. The number of aromatic nitrogens is 3. The number of rotatable bonds is 8. The van der Waals surface area contributed by atoms with E-state index in [9.17, 15) is 9.18 Å². The number of nitrogens with zero attached hydrogens (tertiary/aromatic N) is 5. The Labute approximate surface area is 258 Å². The van der Waals surface area contributed by atoms with Crippen LogP contribution in [-0.4, -0.2) is 51.7 Å². The Hall–Kier alpha value is -3.66. The van der Waals surface area contributed by atoms with Crippen molar-refractivity contribution in [3.8, 4) is 0 Å². The number of aryl methyl sites for hydroxylation is 2. The number of likely N-dealkylation sites (tertiary alicyclic amines) is 1. The molecule has 2 aliphatic heterocycles. The molecule has 5 heterocycles. The van der Waals surface area contributed by atoms with Crippen molar-refractivity contribution in [1.29, 1.82) is 0 Å². The Morgan fingerprint density at radius 1 is 0.977 bits per heavy atom. The van der Waals surface area contributed by atoms with Crippen LogP contribution in [0.25, 0.3) is 10.9 Å². The minimum Gasteiger partial charge on any atom is -0.370 e. The fourth-order valence-electron chi connectivity index (χ4n) is 7.24. The van der Waals surface area contributed by atoms with Crippen molar-refractivity contribution in [1.82, 2.24) is 24.8 Å². The van der Waals surface area contributed by atoms with Gasteiger partial charge in [0, 0.05) is 79.0 Å². The minimum absolute atomic E-state index is 0.0447. The Morgan fingerprint density at radius 2 is 1.84 bits per heavy atom. The molecule has 4 aromatic rings. The summed E-state index contributed by atoms with van der Waals surface area (Å²) in [5.41, 5.74) is 12.1. The lowest BCUT2D eigenvalue weighted by atomic mass is 9.85. The van der Waals surface area contributed by atoms with Gasteiger partial charge in [0.2, 0.25) is 0 Å². The lowest BCUT2D eigenvalue weighted by molar-refractivity contribution is 0.159. The second kappa shape index (κ2) is 12.0. The summed E-state index contributed by atoms with van der Waals surface area (Å²) in [6.45, 7) is 7.36. The van der Waals surface area contributed by atoms with E-state index in [0.29, 0.717) is 23.5 Å². The van der Waals surface area contributed by atoms with E-state index in [2.05, 4.69) is 53.9 Å². The number of halogens is 1. The van der Waals surface area contributed by atoms with Crippen molar-refractivity contribution in [3.05, 3.63) is 99.6 Å². The molecule has 0 radical (unpaired) electrons. The quantitative estimate of drug-likeness (QED) is 0.291. The number of benzene rings is 1. The fourth-order valence-corrected chi connectivity index (χ4v) is 7.24. The van der Waals surface area contributed by atoms with E-state index in [1.54, 1.807) is 6.07 Å². The maximum atomic E-state index is 14.6. The number of hydrogen-bond acceptors (Lipinski definition) is 7. The van der Waals surface area contributed by atoms with Crippen molar-refractivity contribution in [2.75, 3.05) is 31.1 Å².